The third-order valence-electron chi connectivity index (χ3n) is 4.77. The first-order valence-electron chi connectivity index (χ1n) is 10.9. The molecule has 3 N–H and O–H groups in total. The third kappa shape index (κ3) is 14.5. The molecule has 0 saturated heterocycles. The summed E-state index contributed by atoms with van der Waals surface area (Å²) < 4.78 is 12.0. The molecule has 0 aliphatic carbocycles. The molecule has 6 heteroatoms. The summed E-state index contributed by atoms with van der Waals surface area (Å²) in [5, 5.41) is 8.54. The van der Waals surface area contributed by atoms with Crippen molar-refractivity contribution in [1.29, 1.82) is 0 Å². The number of aliphatic hydroxyl groups is 1. The maximum atomic E-state index is 11.7. The van der Waals surface area contributed by atoms with Gasteiger partial charge in [0.15, 0.2) is 0 Å². The second-order valence-corrected chi connectivity index (χ2v) is 10.9. The molecule has 5 nitrogen and oxygen atoms in total. The van der Waals surface area contributed by atoms with Gasteiger partial charge in [-0.3, -0.25) is 4.57 Å². The summed E-state index contributed by atoms with van der Waals surface area (Å²) in [5.41, 5.74) is 0. The van der Waals surface area contributed by atoms with Crippen LogP contribution in [0, 0.1) is 0 Å². The molecule has 166 valence electrons. The van der Waals surface area contributed by atoms with Crippen LogP contribution in [0.1, 0.15) is 84.0 Å². The lowest BCUT2D eigenvalue weighted by Crippen LogP contribution is -2.49. The largest absolute Gasteiger partial charge is 0.373 e. The Morgan fingerprint density at radius 3 is 1.61 bits per heavy atom. The highest BCUT2D eigenvalue weighted by atomic mass is 31.2. The van der Waals surface area contributed by atoms with Crippen LogP contribution in [0.2, 0.25) is 0 Å². The van der Waals surface area contributed by atoms with Crippen LogP contribution in [-0.2, 0) is 4.57 Å². The number of quaternary nitrogens is 1. The molecule has 1 unspecified atom stereocenters. The maximum Gasteiger partial charge on any atom is 0.362 e. The van der Waals surface area contributed by atoms with E-state index in [1.165, 1.54) is 51.4 Å². The van der Waals surface area contributed by atoms with Gasteiger partial charge in [0.05, 0.1) is 21.1 Å². The van der Waals surface area contributed by atoms with Gasteiger partial charge in [-0.15, -0.1) is 0 Å². The first-order chi connectivity index (χ1) is 13.0. The topological polar surface area (TPSA) is 77.8 Å². The highest BCUT2D eigenvalue weighted by Gasteiger charge is 2.48. The predicted molar refractivity (Wildman–Crippen MR) is 119 cm³/mol. The minimum Gasteiger partial charge on any atom is -0.373 e. The predicted octanol–water partition coefficient (Wildman–Crippen LogP) is 5.37. The van der Waals surface area contributed by atoms with E-state index in [1.54, 1.807) is 0 Å². The van der Waals surface area contributed by atoms with Crippen molar-refractivity contribution in [3.63, 3.8) is 0 Å². The van der Waals surface area contributed by atoms with E-state index in [1.807, 2.05) is 21.1 Å². The molecule has 0 heterocycles. The van der Waals surface area contributed by atoms with Crippen LogP contribution >= 0.6 is 7.60 Å². The van der Waals surface area contributed by atoms with Crippen LogP contribution in [0.15, 0.2) is 24.3 Å². The van der Waals surface area contributed by atoms with Crippen molar-refractivity contribution in [2.24, 2.45) is 0 Å². The SMILES string of the molecule is CCCC/C=C\CCCCCC/C=C\CCCC(O)(C[N+](C)(C)C)P(=O)(O)O. The quantitative estimate of drug-likeness (QED) is 0.128. The van der Waals surface area contributed by atoms with Crippen LogP contribution < -0.4 is 0 Å². The molecule has 28 heavy (non-hydrogen) atoms. The molecule has 1 atom stereocenters. The van der Waals surface area contributed by atoms with Gasteiger partial charge in [0, 0.05) is 0 Å². The minimum absolute atomic E-state index is 0.0365. The molecule has 0 saturated carbocycles. The summed E-state index contributed by atoms with van der Waals surface area (Å²) in [6.45, 7) is 2.26. The van der Waals surface area contributed by atoms with Gasteiger partial charge in [0.1, 0.15) is 6.54 Å². The van der Waals surface area contributed by atoms with E-state index in [-0.39, 0.29) is 13.0 Å². The number of hydrogen-bond donors (Lipinski definition) is 3. The average molecular weight is 419 g/mol. The lowest BCUT2D eigenvalue weighted by atomic mass is 10.1. The molecule has 0 radical (unpaired) electrons. The highest BCUT2D eigenvalue weighted by molar-refractivity contribution is 7.53. The second-order valence-electron chi connectivity index (χ2n) is 8.94. The van der Waals surface area contributed by atoms with Crippen LogP contribution in [0.4, 0.5) is 0 Å². The Morgan fingerprint density at radius 1 is 0.786 bits per heavy atom. The Kier molecular flexibility index (Phi) is 14.3. The van der Waals surface area contributed by atoms with Crippen molar-refractivity contribution in [1.82, 2.24) is 0 Å². The van der Waals surface area contributed by atoms with Crippen LogP contribution in [0.5, 0.6) is 0 Å². The molecular weight excluding hydrogens is 373 g/mol. The smallest absolute Gasteiger partial charge is 0.362 e. The minimum atomic E-state index is -4.56. The molecule has 0 aliphatic heterocycles. The number of likely N-dealkylation sites (N-methyl/N-ethyl adjacent to an activating group) is 1. The van der Waals surface area contributed by atoms with E-state index in [9.17, 15) is 19.5 Å². The number of hydrogen-bond acceptors (Lipinski definition) is 2. The highest BCUT2D eigenvalue weighted by Crippen LogP contribution is 2.52. The van der Waals surface area contributed by atoms with Crippen molar-refractivity contribution in [2.75, 3.05) is 27.7 Å². The van der Waals surface area contributed by atoms with Gasteiger partial charge in [0.2, 0.25) is 5.34 Å². The maximum absolute atomic E-state index is 11.7. The molecule has 0 aliphatic rings. The average Bonchev–Trinajstić information content (AvgIpc) is 2.56. The zero-order valence-corrected chi connectivity index (χ0v) is 19.5. The van der Waals surface area contributed by atoms with Crippen LogP contribution in [-0.4, -0.2) is 52.4 Å². The van der Waals surface area contributed by atoms with Gasteiger partial charge in [0.25, 0.3) is 0 Å². The normalized spacial score (nSPS) is 15.5. The monoisotopic (exact) mass is 418 g/mol. The second kappa shape index (κ2) is 14.5. The number of rotatable bonds is 17. The van der Waals surface area contributed by atoms with Crippen molar-refractivity contribution in [3.05, 3.63) is 24.3 Å². The van der Waals surface area contributed by atoms with Crippen molar-refractivity contribution in [3.8, 4) is 0 Å². The Balaban J connectivity index is 3.86. The van der Waals surface area contributed by atoms with Gasteiger partial charge in [-0.1, -0.05) is 56.9 Å². The lowest BCUT2D eigenvalue weighted by molar-refractivity contribution is -0.875. The molecule has 0 aromatic rings. The van der Waals surface area contributed by atoms with Crippen molar-refractivity contribution in [2.45, 2.75) is 89.3 Å². The van der Waals surface area contributed by atoms with Gasteiger partial charge >= 0.3 is 7.60 Å². The van der Waals surface area contributed by atoms with E-state index >= 15 is 0 Å². The Morgan fingerprint density at radius 2 is 1.21 bits per heavy atom. The van der Waals surface area contributed by atoms with Crippen LogP contribution in [0.25, 0.3) is 0 Å². The molecule has 0 aromatic heterocycles. The number of unbranched alkanes of at least 4 members (excludes halogenated alkanes) is 8. The van der Waals surface area contributed by atoms with Gasteiger partial charge < -0.3 is 19.4 Å². The van der Waals surface area contributed by atoms with Crippen LogP contribution in [0.3, 0.4) is 0 Å². The molecule has 0 rings (SSSR count). The summed E-state index contributed by atoms with van der Waals surface area (Å²) in [5.74, 6) is 0. The van der Waals surface area contributed by atoms with E-state index in [0.717, 1.165) is 12.8 Å². The van der Waals surface area contributed by atoms with E-state index in [4.69, 9.17) is 0 Å². The molecule has 0 aromatic carbocycles. The molecule has 0 bridgehead atoms. The van der Waals surface area contributed by atoms with Gasteiger partial charge in [-0.25, -0.2) is 0 Å². The lowest BCUT2D eigenvalue weighted by Gasteiger charge is -2.35. The Bertz CT molecular complexity index is 493. The van der Waals surface area contributed by atoms with Gasteiger partial charge in [-0.05, 0) is 51.4 Å². The fourth-order valence-corrected chi connectivity index (χ4v) is 4.31. The Hall–Kier alpha value is -0.450. The summed E-state index contributed by atoms with van der Waals surface area (Å²) >= 11 is 0. The van der Waals surface area contributed by atoms with E-state index in [0.29, 0.717) is 10.9 Å². The summed E-state index contributed by atoms with van der Waals surface area (Å²) in [6.07, 6.45) is 21.2. The number of allylic oxidation sites excluding steroid dienone is 4. The third-order valence-corrected chi connectivity index (χ3v) is 6.22. The summed E-state index contributed by atoms with van der Waals surface area (Å²) in [6, 6.07) is 0. The Labute approximate surface area is 173 Å². The summed E-state index contributed by atoms with van der Waals surface area (Å²) in [7, 11) is 0.907. The molecular formula is C22H45NO4P+. The zero-order valence-electron chi connectivity index (χ0n) is 18.6. The van der Waals surface area contributed by atoms with Gasteiger partial charge in [-0.2, -0.15) is 0 Å². The van der Waals surface area contributed by atoms with Crippen molar-refractivity contribution < 1.29 is 23.9 Å². The number of nitrogens with zero attached hydrogens (tertiary/aromatic N) is 1. The first-order valence-corrected chi connectivity index (χ1v) is 12.5. The first kappa shape index (κ1) is 27.5. The van der Waals surface area contributed by atoms with Crippen molar-refractivity contribution >= 4 is 7.60 Å². The fourth-order valence-electron chi connectivity index (χ4n) is 3.25. The zero-order chi connectivity index (χ0) is 21.5. The van der Waals surface area contributed by atoms with E-state index < -0.39 is 12.9 Å². The standard InChI is InChI=1S/C22H44NO4P/c1-5-6-7-8-9-10-11-12-13-14-15-16-17-18-19-20-22(24,28(25,26)27)21-23(2,3)4/h8-9,16-17,24H,5-7,10-15,18-21H2,1-4H3,(H-,25,26,27)/p+1/b9-8-,17-16-. The molecule has 0 spiro atoms. The fraction of sp³-hybridized carbons (Fsp3) is 0.818. The molecule has 0 amide bonds. The summed E-state index contributed by atoms with van der Waals surface area (Å²) in [4.78, 5) is 19.1. The molecule has 0 fully saturated rings. The van der Waals surface area contributed by atoms with E-state index in [2.05, 4.69) is 31.2 Å².